The van der Waals surface area contributed by atoms with Gasteiger partial charge in [0.15, 0.2) is 0 Å². The fourth-order valence-corrected chi connectivity index (χ4v) is 0. The molecule has 0 aromatic rings. The van der Waals surface area contributed by atoms with Crippen molar-refractivity contribution in [2.45, 2.75) is 0 Å². The predicted molar refractivity (Wildman–Crippen MR) is 20.8 cm³/mol. The van der Waals surface area contributed by atoms with Crippen LogP contribution >= 0.6 is 27.0 Å². The van der Waals surface area contributed by atoms with Crippen molar-refractivity contribution in [3.63, 3.8) is 0 Å². The van der Waals surface area contributed by atoms with Gasteiger partial charge in [-0.05, 0) is 0 Å². The first-order chi connectivity index (χ1) is 0. The molecular formula is H4S2Y2. The Labute approximate surface area is 90.5 Å². The van der Waals surface area contributed by atoms with Crippen LogP contribution in [0.2, 0.25) is 0 Å². The van der Waals surface area contributed by atoms with Gasteiger partial charge in [-0.25, -0.2) is 0 Å². The molecule has 0 aromatic heterocycles. The van der Waals surface area contributed by atoms with Crippen LogP contribution in [0.15, 0.2) is 0 Å². The maximum Gasteiger partial charge on any atom is 0 e. The first kappa shape index (κ1) is 28.5. The smallest absolute Gasteiger partial charge is 0 e. The Hall–Kier alpha value is 2.91. The van der Waals surface area contributed by atoms with Crippen LogP contribution in [0.1, 0.15) is 0 Å². The molecular weight excluding hydrogens is 242 g/mol. The maximum absolute atomic E-state index is 0. The summed E-state index contributed by atoms with van der Waals surface area (Å²) in [7, 11) is 0. The Balaban J connectivity index is 0. The molecule has 4 heavy (non-hydrogen) atoms. The van der Waals surface area contributed by atoms with E-state index in [2.05, 4.69) is 0 Å². The van der Waals surface area contributed by atoms with E-state index in [1.165, 1.54) is 0 Å². The van der Waals surface area contributed by atoms with Gasteiger partial charge in [-0.3, -0.25) is 0 Å². The first-order valence-corrected chi connectivity index (χ1v) is 0. The number of hydrogen-bond donors (Lipinski definition) is 0. The largest absolute Gasteiger partial charge is 0.197 e. The Bertz CT molecular complexity index is 4.00. The second-order valence-corrected chi connectivity index (χ2v) is 0. The monoisotopic (exact) mass is 246 g/mol. The summed E-state index contributed by atoms with van der Waals surface area (Å²) in [5.41, 5.74) is 0. The molecule has 0 aromatic carbocycles. The molecule has 0 unspecified atom stereocenters. The molecule has 0 heterocycles. The third-order valence-corrected chi connectivity index (χ3v) is 0. The van der Waals surface area contributed by atoms with Crippen molar-refractivity contribution in [2.24, 2.45) is 0 Å². The molecule has 0 fully saturated rings. The van der Waals surface area contributed by atoms with Crippen molar-refractivity contribution in [1.82, 2.24) is 0 Å². The fourth-order valence-electron chi connectivity index (χ4n) is 0. The van der Waals surface area contributed by atoms with E-state index < -0.39 is 0 Å². The second kappa shape index (κ2) is 16.8. The van der Waals surface area contributed by atoms with Crippen LogP contribution in [0, 0.1) is 0 Å². The van der Waals surface area contributed by atoms with Gasteiger partial charge in [0.05, 0.1) is 0 Å². The summed E-state index contributed by atoms with van der Waals surface area (Å²) in [4.78, 5) is 0. The molecule has 0 aliphatic heterocycles. The summed E-state index contributed by atoms with van der Waals surface area (Å²) in [6.07, 6.45) is 0. The van der Waals surface area contributed by atoms with Gasteiger partial charge in [0.2, 0.25) is 0 Å². The molecule has 0 atom stereocenters. The molecule has 0 amide bonds. The fraction of sp³-hybridized carbons (Fsp3) is 0. The van der Waals surface area contributed by atoms with Crippen LogP contribution < -0.4 is 0 Å². The van der Waals surface area contributed by atoms with Crippen molar-refractivity contribution < 1.29 is 65.4 Å². The second-order valence-electron chi connectivity index (χ2n) is 0. The zero-order valence-electron chi connectivity index (χ0n) is 2.15. The molecule has 0 saturated heterocycles. The van der Waals surface area contributed by atoms with Crippen molar-refractivity contribution >= 4 is 27.0 Å². The van der Waals surface area contributed by atoms with Gasteiger partial charge < -0.3 is 0 Å². The normalized spacial score (nSPS) is 0. The summed E-state index contributed by atoms with van der Waals surface area (Å²) in [5, 5.41) is 0. The third-order valence-electron chi connectivity index (χ3n) is 0. The van der Waals surface area contributed by atoms with Gasteiger partial charge in [-0.15, -0.1) is 0 Å². The predicted octanol–water partition coefficient (Wildman–Crippen LogP) is 0.221. The SMILES string of the molecule is S.S.[Y].[Y]. The molecule has 4 heteroatoms. The van der Waals surface area contributed by atoms with Gasteiger partial charge in [-0.1, -0.05) is 0 Å². The zero-order chi connectivity index (χ0) is 0. The molecule has 2 radical (unpaired) electrons. The van der Waals surface area contributed by atoms with Crippen LogP contribution in [0.3, 0.4) is 0 Å². The van der Waals surface area contributed by atoms with E-state index in [4.69, 9.17) is 0 Å². The molecule has 0 rings (SSSR count). The van der Waals surface area contributed by atoms with E-state index >= 15 is 0 Å². The first-order valence-electron chi connectivity index (χ1n) is 0. The zero-order valence-corrected chi connectivity index (χ0v) is 9.83. The van der Waals surface area contributed by atoms with Crippen LogP contribution in [0.5, 0.6) is 0 Å². The molecule has 0 nitrogen and oxygen atoms in total. The van der Waals surface area contributed by atoms with Gasteiger partial charge in [0.25, 0.3) is 0 Å². The summed E-state index contributed by atoms with van der Waals surface area (Å²) in [6, 6.07) is 0. The van der Waals surface area contributed by atoms with E-state index in [0.717, 1.165) is 0 Å². The Morgan fingerprint density at radius 1 is 0.500 bits per heavy atom. The average molecular weight is 246 g/mol. The van der Waals surface area contributed by atoms with E-state index in [0.29, 0.717) is 0 Å². The maximum atomic E-state index is 0. The molecule has 0 saturated carbocycles. The van der Waals surface area contributed by atoms with Gasteiger partial charge in [0, 0.05) is 65.4 Å². The average Bonchev–Trinajstić information content (AvgIpc) is 0. The summed E-state index contributed by atoms with van der Waals surface area (Å²) < 4.78 is 0. The van der Waals surface area contributed by atoms with Crippen molar-refractivity contribution in [2.75, 3.05) is 0 Å². The van der Waals surface area contributed by atoms with Crippen LogP contribution in [-0.4, -0.2) is 0 Å². The molecule has 0 N–H and O–H groups in total. The van der Waals surface area contributed by atoms with E-state index in [-0.39, 0.29) is 92.4 Å². The van der Waals surface area contributed by atoms with E-state index in [9.17, 15) is 0 Å². The van der Waals surface area contributed by atoms with Gasteiger partial charge in [-0.2, -0.15) is 27.0 Å². The Morgan fingerprint density at radius 3 is 0.500 bits per heavy atom. The minimum atomic E-state index is 0. The molecule has 22 valence electrons. The molecule has 0 spiro atoms. The van der Waals surface area contributed by atoms with Crippen LogP contribution in [0.4, 0.5) is 0 Å². The Morgan fingerprint density at radius 2 is 0.500 bits per heavy atom. The van der Waals surface area contributed by atoms with Crippen molar-refractivity contribution in [3.8, 4) is 0 Å². The van der Waals surface area contributed by atoms with E-state index in [1.54, 1.807) is 0 Å². The summed E-state index contributed by atoms with van der Waals surface area (Å²) >= 11 is 0. The quantitative estimate of drug-likeness (QED) is 0.573. The van der Waals surface area contributed by atoms with Crippen LogP contribution in [-0.2, 0) is 65.4 Å². The minimum absolute atomic E-state index is 0. The number of rotatable bonds is 0. The van der Waals surface area contributed by atoms with Crippen molar-refractivity contribution in [3.05, 3.63) is 0 Å². The van der Waals surface area contributed by atoms with Crippen LogP contribution in [0.25, 0.3) is 0 Å². The van der Waals surface area contributed by atoms with Crippen molar-refractivity contribution in [1.29, 1.82) is 0 Å². The third kappa shape index (κ3) is 8.86. The standard InChI is InChI=1S/2H2S.2Y/h2*1H2;;. The summed E-state index contributed by atoms with van der Waals surface area (Å²) in [6.45, 7) is 0. The van der Waals surface area contributed by atoms with Gasteiger partial charge in [0.1, 0.15) is 0 Å². The molecule has 0 bridgehead atoms. The topological polar surface area (TPSA) is 0 Å². The Kier molecular flexibility index (Phi) is 120. The molecule has 0 aliphatic carbocycles. The number of hydrogen-bond acceptors (Lipinski definition) is 0. The van der Waals surface area contributed by atoms with Gasteiger partial charge >= 0.3 is 0 Å². The van der Waals surface area contributed by atoms with E-state index in [1.807, 2.05) is 0 Å². The minimum Gasteiger partial charge on any atom is -0.197 e. The molecule has 0 aliphatic rings. The summed E-state index contributed by atoms with van der Waals surface area (Å²) in [5.74, 6) is 0.